The van der Waals surface area contributed by atoms with E-state index in [1.807, 2.05) is 24.3 Å². The molecule has 1 atom stereocenters. The number of ether oxygens (including phenoxy) is 1. The van der Waals surface area contributed by atoms with Gasteiger partial charge in [0.25, 0.3) is 0 Å². The maximum Gasteiger partial charge on any atom is 0.246 e. The van der Waals surface area contributed by atoms with Crippen molar-refractivity contribution in [2.24, 2.45) is 0 Å². The summed E-state index contributed by atoms with van der Waals surface area (Å²) in [5, 5.41) is 8.63. The second-order valence-electron chi connectivity index (χ2n) is 5.34. The largest absolute Gasteiger partial charge is 0.497 e. The molecule has 0 heterocycles. The molecule has 0 aromatic heterocycles. The summed E-state index contributed by atoms with van der Waals surface area (Å²) in [6, 6.07) is 13.9. The minimum absolute atomic E-state index is 0.135. The molecule has 0 saturated carbocycles. The number of hydrogen-bond acceptors (Lipinski definition) is 4. The number of methoxy groups -OCH3 is 1. The number of nitrogens with one attached hydrogen (secondary N) is 3. The number of amides is 2. The number of anilines is 3. The predicted molar refractivity (Wildman–Crippen MR) is 95.5 cm³/mol. The van der Waals surface area contributed by atoms with Crippen LogP contribution >= 0.6 is 0 Å². The lowest BCUT2D eigenvalue weighted by molar-refractivity contribution is -0.116. The Morgan fingerprint density at radius 2 is 1.38 bits per heavy atom. The molecule has 6 nitrogen and oxygen atoms in total. The molecule has 0 radical (unpaired) electrons. The smallest absolute Gasteiger partial charge is 0.246 e. The van der Waals surface area contributed by atoms with Crippen molar-refractivity contribution in [2.75, 3.05) is 23.1 Å². The van der Waals surface area contributed by atoms with Gasteiger partial charge in [0.1, 0.15) is 11.8 Å². The van der Waals surface area contributed by atoms with E-state index >= 15 is 0 Å². The van der Waals surface area contributed by atoms with Crippen LogP contribution in [-0.4, -0.2) is 25.0 Å². The van der Waals surface area contributed by atoms with Crippen molar-refractivity contribution in [3.05, 3.63) is 48.5 Å². The number of benzene rings is 2. The van der Waals surface area contributed by atoms with E-state index in [1.165, 1.54) is 6.92 Å². The van der Waals surface area contributed by atoms with E-state index in [2.05, 4.69) is 16.0 Å². The first-order valence-corrected chi connectivity index (χ1v) is 7.57. The third-order valence-corrected chi connectivity index (χ3v) is 3.34. The molecule has 1 unspecified atom stereocenters. The van der Waals surface area contributed by atoms with E-state index in [1.54, 1.807) is 38.3 Å². The Labute approximate surface area is 141 Å². The standard InChI is InChI=1S/C18H21N3O3/c1-12(19-14-8-10-17(24-3)11-9-14)18(23)21-16-6-4-15(5-7-16)20-13(2)22/h4-12,19H,1-3H3,(H,20,22)(H,21,23). The molecule has 2 aromatic carbocycles. The average Bonchev–Trinajstić information content (AvgIpc) is 2.56. The molecule has 126 valence electrons. The molecule has 2 amide bonds. The highest BCUT2D eigenvalue weighted by molar-refractivity contribution is 5.96. The van der Waals surface area contributed by atoms with Gasteiger partial charge in [-0.25, -0.2) is 0 Å². The molecule has 0 fully saturated rings. The van der Waals surface area contributed by atoms with Crippen LogP contribution in [0.1, 0.15) is 13.8 Å². The molecule has 2 rings (SSSR count). The summed E-state index contributed by atoms with van der Waals surface area (Å²) in [6.45, 7) is 3.23. The van der Waals surface area contributed by atoms with E-state index in [0.29, 0.717) is 11.4 Å². The van der Waals surface area contributed by atoms with Crippen molar-refractivity contribution in [1.29, 1.82) is 0 Å². The minimum Gasteiger partial charge on any atom is -0.497 e. The molecule has 0 aliphatic carbocycles. The number of carbonyl (C=O) groups excluding carboxylic acids is 2. The van der Waals surface area contributed by atoms with Gasteiger partial charge < -0.3 is 20.7 Å². The normalized spacial score (nSPS) is 11.3. The van der Waals surface area contributed by atoms with Crippen molar-refractivity contribution in [2.45, 2.75) is 19.9 Å². The van der Waals surface area contributed by atoms with Gasteiger partial charge in [-0.05, 0) is 55.5 Å². The highest BCUT2D eigenvalue weighted by Gasteiger charge is 2.12. The van der Waals surface area contributed by atoms with Gasteiger partial charge in [0, 0.05) is 24.0 Å². The summed E-state index contributed by atoms with van der Waals surface area (Å²) in [7, 11) is 1.61. The highest BCUT2D eigenvalue weighted by atomic mass is 16.5. The Morgan fingerprint density at radius 3 is 1.88 bits per heavy atom. The van der Waals surface area contributed by atoms with Gasteiger partial charge in [0.2, 0.25) is 11.8 Å². The van der Waals surface area contributed by atoms with Gasteiger partial charge in [-0.15, -0.1) is 0 Å². The van der Waals surface area contributed by atoms with Crippen LogP contribution in [0, 0.1) is 0 Å². The van der Waals surface area contributed by atoms with Crippen LogP contribution in [0.15, 0.2) is 48.5 Å². The van der Waals surface area contributed by atoms with E-state index in [-0.39, 0.29) is 11.8 Å². The van der Waals surface area contributed by atoms with Crippen LogP contribution in [0.5, 0.6) is 5.75 Å². The molecule has 0 aliphatic heterocycles. The molecule has 0 bridgehead atoms. The van der Waals surface area contributed by atoms with Gasteiger partial charge >= 0.3 is 0 Å². The van der Waals surface area contributed by atoms with Gasteiger partial charge in [-0.2, -0.15) is 0 Å². The van der Waals surface area contributed by atoms with Crippen molar-refractivity contribution >= 4 is 28.9 Å². The lowest BCUT2D eigenvalue weighted by Crippen LogP contribution is -2.31. The summed E-state index contributed by atoms with van der Waals surface area (Å²) in [6.07, 6.45) is 0. The molecular formula is C18H21N3O3. The molecular weight excluding hydrogens is 306 g/mol. The van der Waals surface area contributed by atoms with E-state index < -0.39 is 6.04 Å². The zero-order valence-corrected chi connectivity index (χ0v) is 13.9. The fourth-order valence-electron chi connectivity index (χ4n) is 2.09. The molecule has 3 N–H and O–H groups in total. The van der Waals surface area contributed by atoms with E-state index in [9.17, 15) is 9.59 Å². The van der Waals surface area contributed by atoms with Gasteiger partial charge in [-0.3, -0.25) is 9.59 Å². The fourth-order valence-corrected chi connectivity index (χ4v) is 2.09. The first-order valence-electron chi connectivity index (χ1n) is 7.57. The number of hydrogen-bond donors (Lipinski definition) is 3. The van der Waals surface area contributed by atoms with Crippen molar-refractivity contribution < 1.29 is 14.3 Å². The fraction of sp³-hybridized carbons (Fsp3) is 0.222. The third kappa shape index (κ3) is 5.01. The van der Waals surface area contributed by atoms with Crippen LogP contribution in [0.3, 0.4) is 0 Å². The van der Waals surface area contributed by atoms with Crippen LogP contribution in [0.2, 0.25) is 0 Å². The summed E-state index contributed by atoms with van der Waals surface area (Å²) in [4.78, 5) is 23.2. The number of rotatable bonds is 6. The predicted octanol–water partition coefficient (Wildman–Crippen LogP) is 3.09. The molecule has 0 saturated heterocycles. The average molecular weight is 327 g/mol. The first-order chi connectivity index (χ1) is 11.5. The number of carbonyl (C=O) groups is 2. The van der Waals surface area contributed by atoms with Crippen LogP contribution in [0.4, 0.5) is 17.1 Å². The van der Waals surface area contributed by atoms with Crippen molar-refractivity contribution in [1.82, 2.24) is 0 Å². The van der Waals surface area contributed by atoms with Crippen molar-refractivity contribution in [3.63, 3.8) is 0 Å². The van der Waals surface area contributed by atoms with Gasteiger partial charge in [0.15, 0.2) is 0 Å². The van der Waals surface area contributed by atoms with Gasteiger partial charge in [0.05, 0.1) is 7.11 Å². The molecule has 24 heavy (non-hydrogen) atoms. The Morgan fingerprint density at radius 1 is 0.875 bits per heavy atom. The molecule has 2 aromatic rings. The zero-order valence-electron chi connectivity index (χ0n) is 13.9. The molecule has 0 spiro atoms. The highest BCUT2D eigenvalue weighted by Crippen LogP contribution is 2.17. The SMILES string of the molecule is COc1ccc(NC(C)C(=O)Nc2ccc(NC(C)=O)cc2)cc1. The van der Waals surface area contributed by atoms with Crippen molar-refractivity contribution in [3.8, 4) is 5.75 Å². The second-order valence-corrected chi connectivity index (χ2v) is 5.34. The first kappa shape index (κ1) is 17.3. The summed E-state index contributed by atoms with van der Waals surface area (Å²) in [5.74, 6) is 0.471. The van der Waals surface area contributed by atoms with E-state index in [0.717, 1.165) is 11.4 Å². The quantitative estimate of drug-likeness (QED) is 0.762. The Hall–Kier alpha value is -3.02. The topological polar surface area (TPSA) is 79.5 Å². The lowest BCUT2D eigenvalue weighted by atomic mass is 10.2. The van der Waals surface area contributed by atoms with Crippen LogP contribution < -0.4 is 20.7 Å². The summed E-state index contributed by atoms with van der Waals surface area (Å²) >= 11 is 0. The monoisotopic (exact) mass is 327 g/mol. The Bertz CT molecular complexity index is 696. The second kappa shape index (κ2) is 8.01. The molecule has 6 heteroatoms. The van der Waals surface area contributed by atoms with E-state index in [4.69, 9.17) is 4.74 Å². The van der Waals surface area contributed by atoms with Crippen LogP contribution in [-0.2, 0) is 9.59 Å². The van der Waals surface area contributed by atoms with Gasteiger partial charge in [-0.1, -0.05) is 0 Å². The Balaban J connectivity index is 1.91. The molecule has 0 aliphatic rings. The maximum atomic E-state index is 12.2. The Kier molecular flexibility index (Phi) is 5.78. The maximum absolute atomic E-state index is 12.2. The summed E-state index contributed by atoms with van der Waals surface area (Å²) in [5.41, 5.74) is 2.18. The third-order valence-electron chi connectivity index (χ3n) is 3.34. The minimum atomic E-state index is -0.409. The van der Waals surface area contributed by atoms with Crippen LogP contribution in [0.25, 0.3) is 0 Å². The lowest BCUT2D eigenvalue weighted by Gasteiger charge is -2.16. The summed E-state index contributed by atoms with van der Waals surface area (Å²) < 4.78 is 5.10. The zero-order chi connectivity index (χ0) is 17.5.